The third-order valence-corrected chi connectivity index (χ3v) is 7.90. The van der Waals surface area contributed by atoms with E-state index in [9.17, 15) is 14.1 Å². The zero-order valence-electron chi connectivity index (χ0n) is 19.8. The summed E-state index contributed by atoms with van der Waals surface area (Å²) in [4.78, 5) is 15.7. The maximum atomic E-state index is 13.5. The van der Waals surface area contributed by atoms with Crippen LogP contribution in [0, 0.1) is 33.6 Å². The molecule has 8 heteroatoms. The van der Waals surface area contributed by atoms with E-state index >= 15 is 0 Å². The van der Waals surface area contributed by atoms with E-state index in [4.69, 9.17) is 4.74 Å². The molecule has 1 N–H and O–H groups in total. The standard InChI is InChI=1S/C25H30N2O4S2/c1-15(2)12-27(33(30)25-26-19(6)14-32-25)22-10-16(3)17(4)11-23(22)31-13-21-8-7-20(24(28)29)9-18(21)5/h7-11,14-15H,12-13H2,1-6H3,(H,28,29). The first kappa shape index (κ1) is 24.9. The predicted octanol–water partition coefficient (Wildman–Crippen LogP) is 5.84. The van der Waals surface area contributed by atoms with Crippen LogP contribution >= 0.6 is 11.3 Å². The van der Waals surface area contributed by atoms with Crippen molar-refractivity contribution in [3.8, 4) is 5.75 Å². The minimum absolute atomic E-state index is 0.250. The Morgan fingerprint density at radius 2 is 1.82 bits per heavy atom. The maximum Gasteiger partial charge on any atom is 0.335 e. The molecule has 176 valence electrons. The predicted molar refractivity (Wildman–Crippen MR) is 134 cm³/mol. The van der Waals surface area contributed by atoms with E-state index in [0.29, 0.717) is 16.6 Å². The molecule has 0 saturated heterocycles. The molecule has 0 aliphatic heterocycles. The largest absolute Gasteiger partial charge is 0.487 e. The molecule has 3 aromatic rings. The SMILES string of the molecule is Cc1csc(S(=O)N(CC(C)C)c2cc(C)c(C)cc2OCc2ccc(C(=O)O)cc2C)n1. The molecule has 1 atom stereocenters. The number of carbonyl (C=O) groups is 1. The Bertz CT molecular complexity index is 1190. The number of aromatic carboxylic acids is 1. The number of rotatable bonds is 9. The topological polar surface area (TPSA) is 79.7 Å². The Hall–Kier alpha value is -2.71. The van der Waals surface area contributed by atoms with Crippen molar-refractivity contribution in [1.29, 1.82) is 0 Å². The van der Waals surface area contributed by atoms with Crippen LogP contribution < -0.4 is 9.04 Å². The van der Waals surface area contributed by atoms with Crippen LogP contribution in [-0.2, 0) is 17.6 Å². The van der Waals surface area contributed by atoms with Gasteiger partial charge in [0.2, 0.25) is 4.34 Å². The van der Waals surface area contributed by atoms with E-state index < -0.39 is 17.0 Å². The Kier molecular flexibility index (Phi) is 7.92. The summed E-state index contributed by atoms with van der Waals surface area (Å²) in [6.45, 7) is 12.9. The number of anilines is 1. The van der Waals surface area contributed by atoms with Gasteiger partial charge in [-0.05, 0) is 80.1 Å². The second-order valence-corrected chi connectivity index (χ2v) is 11.0. The highest BCUT2D eigenvalue weighted by atomic mass is 32.2. The van der Waals surface area contributed by atoms with Gasteiger partial charge >= 0.3 is 5.97 Å². The molecule has 1 aromatic heterocycles. The van der Waals surface area contributed by atoms with E-state index in [1.807, 2.05) is 49.5 Å². The second-order valence-electron chi connectivity index (χ2n) is 8.60. The normalized spacial score (nSPS) is 12.1. The summed E-state index contributed by atoms with van der Waals surface area (Å²) in [6, 6.07) is 9.00. The van der Waals surface area contributed by atoms with Crippen molar-refractivity contribution >= 4 is 34.0 Å². The summed E-state index contributed by atoms with van der Waals surface area (Å²) in [6.07, 6.45) is 0. The van der Waals surface area contributed by atoms with Crippen LogP contribution in [0.3, 0.4) is 0 Å². The molecule has 0 aliphatic carbocycles. The lowest BCUT2D eigenvalue weighted by molar-refractivity contribution is 0.0696. The van der Waals surface area contributed by atoms with Crippen molar-refractivity contribution < 1.29 is 18.8 Å². The van der Waals surface area contributed by atoms with Gasteiger partial charge in [0.15, 0.2) is 11.0 Å². The monoisotopic (exact) mass is 486 g/mol. The Labute approximate surface area is 201 Å². The molecule has 0 amide bonds. The highest BCUT2D eigenvalue weighted by molar-refractivity contribution is 7.88. The molecule has 1 heterocycles. The van der Waals surface area contributed by atoms with Crippen LogP contribution in [0.15, 0.2) is 40.1 Å². The summed E-state index contributed by atoms with van der Waals surface area (Å²) >= 11 is 1.40. The van der Waals surface area contributed by atoms with E-state index in [1.165, 1.54) is 11.3 Å². The molecule has 6 nitrogen and oxygen atoms in total. The Morgan fingerprint density at radius 1 is 1.12 bits per heavy atom. The third-order valence-electron chi connectivity index (χ3n) is 5.30. The maximum absolute atomic E-state index is 13.5. The number of carboxylic acid groups (broad SMARTS) is 1. The molecule has 0 bridgehead atoms. The minimum atomic E-state index is -1.46. The molecular weight excluding hydrogens is 456 g/mol. The number of hydrogen-bond acceptors (Lipinski definition) is 5. The lowest BCUT2D eigenvalue weighted by Crippen LogP contribution is -2.30. The van der Waals surface area contributed by atoms with Gasteiger partial charge in [-0.25, -0.2) is 14.0 Å². The lowest BCUT2D eigenvalue weighted by Gasteiger charge is -2.27. The number of hydrogen-bond donors (Lipinski definition) is 1. The fourth-order valence-corrected chi connectivity index (χ4v) is 5.75. The number of thiazole rings is 1. The smallest absolute Gasteiger partial charge is 0.335 e. The zero-order chi connectivity index (χ0) is 24.3. The number of benzene rings is 2. The van der Waals surface area contributed by atoms with Gasteiger partial charge in [0, 0.05) is 17.6 Å². The van der Waals surface area contributed by atoms with Crippen molar-refractivity contribution in [1.82, 2.24) is 4.98 Å². The van der Waals surface area contributed by atoms with Gasteiger partial charge in [-0.1, -0.05) is 19.9 Å². The average Bonchev–Trinajstić information content (AvgIpc) is 3.19. The van der Waals surface area contributed by atoms with Crippen LogP contribution in [-0.4, -0.2) is 26.8 Å². The highest BCUT2D eigenvalue weighted by Crippen LogP contribution is 2.35. The fraction of sp³-hybridized carbons (Fsp3) is 0.360. The molecule has 0 aliphatic rings. The molecule has 0 fully saturated rings. The fourth-order valence-electron chi connectivity index (χ4n) is 3.33. The second kappa shape index (κ2) is 10.5. The van der Waals surface area contributed by atoms with Gasteiger partial charge in [-0.2, -0.15) is 0 Å². The number of ether oxygens (including phenoxy) is 1. The number of carboxylic acids is 1. The molecule has 33 heavy (non-hydrogen) atoms. The van der Waals surface area contributed by atoms with Crippen molar-refractivity contribution in [3.63, 3.8) is 0 Å². The molecule has 2 aromatic carbocycles. The number of nitrogens with zero attached hydrogens (tertiary/aromatic N) is 2. The van der Waals surface area contributed by atoms with E-state index in [2.05, 4.69) is 18.8 Å². The third kappa shape index (κ3) is 6.00. The Balaban J connectivity index is 1.98. The summed E-state index contributed by atoms with van der Waals surface area (Å²) < 4.78 is 22.2. The van der Waals surface area contributed by atoms with Crippen LogP contribution in [0.25, 0.3) is 0 Å². The molecule has 0 saturated carbocycles. The molecular formula is C25H30N2O4S2. The molecule has 3 rings (SSSR count). The van der Waals surface area contributed by atoms with Crippen LogP contribution in [0.1, 0.15) is 52.2 Å². The molecule has 1 unspecified atom stereocenters. The zero-order valence-corrected chi connectivity index (χ0v) is 21.5. The number of aryl methyl sites for hydroxylation is 4. The van der Waals surface area contributed by atoms with E-state index in [-0.39, 0.29) is 18.1 Å². The number of aromatic nitrogens is 1. The van der Waals surface area contributed by atoms with E-state index in [0.717, 1.165) is 33.6 Å². The van der Waals surface area contributed by atoms with Gasteiger partial charge in [0.05, 0.1) is 11.3 Å². The first-order valence-corrected chi connectivity index (χ1v) is 12.7. The highest BCUT2D eigenvalue weighted by Gasteiger charge is 2.24. The van der Waals surface area contributed by atoms with Crippen LogP contribution in [0.4, 0.5) is 5.69 Å². The first-order chi connectivity index (χ1) is 15.6. The van der Waals surface area contributed by atoms with E-state index in [1.54, 1.807) is 18.2 Å². The van der Waals surface area contributed by atoms with Crippen molar-refractivity contribution in [2.75, 3.05) is 10.8 Å². The summed E-state index contributed by atoms with van der Waals surface area (Å²) in [7, 11) is -1.46. The lowest BCUT2D eigenvalue weighted by atomic mass is 10.1. The van der Waals surface area contributed by atoms with Crippen molar-refractivity contribution in [2.24, 2.45) is 5.92 Å². The van der Waals surface area contributed by atoms with Gasteiger partial charge < -0.3 is 9.84 Å². The van der Waals surface area contributed by atoms with Crippen molar-refractivity contribution in [3.05, 3.63) is 69.2 Å². The molecule has 0 radical (unpaired) electrons. The first-order valence-electron chi connectivity index (χ1n) is 10.7. The minimum Gasteiger partial charge on any atom is -0.487 e. The quantitative estimate of drug-likeness (QED) is 0.411. The average molecular weight is 487 g/mol. The summed E-state index contributed by atoms with van der Waals surface area (Å²) in [5, 5.41) is 11.1. The van der Waals surface area contributed by atoms with Gasteiger partial charge in [0.1, 0.15) is 12.4 Å². The van der Waals surface area contributed by atoms with Crippen molar-refractivity contribution in [2.45, 2.75) is 52.5 Å². The van der Waals surface area contributed by atoms with Crippen LogP contribution in [0.2, 0.25) is 0 Å². The Morgan fingerprint density at radius 3 is 2.39 bits per heavy atom. The van der Waals surface area contributed by atoms with Gasteiger partial charge in [-0.15, -0.1) is 11.3 Å². The van der Waals surface area contributed by atoms with Gasteiger partial charge in [0.25, 0.3) is 0 Å². The molecule has 0 spiro atoms. The van der Waals surface area contributed by atoms with Crippen LogP contribution in [0.5, 0.6) is 5.75 Å². The van der Waals surface area contributed by atoms with Gasteiger partial charge in [-0.3, -0.25) is 4.31 Å². The summed E-state index contributed by atoms with van der Waals surface area (Å²) in [5.41, 5.74) is 5.77. The summed E-state index contributed by atoms with van der Waals surface area (Å²) in [5.74, 6) is -0.0383.